The van der Waals surface area contributed by atoms with Crippen molar-refractivity contribution in [2.45, 2.75) is 72.4 Å². The molecule has 1 N–H and O–H groups in total. The van der Waals surface area contributed by atoms with Crippen LogP contribution in [0.2, 0.25) is 0 Å². The SMILES string of the molecule is CCCc1cn(CC2CCN(C(=O)[C@H](CC(C)C)NC(C)=O)CC2)nn1. The maximum Gasteiger partial charge on any atom is 0.245 e. The van der Waals surface area contributed by atoms with Crippen molar-refractivity contribution in [2.24, 2.45) is 11.8 Å². The van der Waals surface area contributed by atoms with Crippen molar-refractivity contribution < 1.29 is 9.59 Å². The Labute approximate surface area is 156 Å². The summed E-state index contributed by atoms with van der Waals surface area (Å²) in [5.74, 6) is 0.781. The average Bonchev–Trinajstić information content (AvgIpc) is 3.01. The second-order valence-corrected chi connectivity index (χ2v) is 7.83. The molecule has 0 aliphatic carbocycles. The maximum atomic E-state index is 12.8. The predicted molar refractivity (Wildman–Crippen MR) is 100 cm³/mol. The molecule has 0 radical (unpaired) electrons. The van der Waals surface area contributed by atoms with Crippen molar-refractivity contribution in [3.63, 3.8) is 0 Å². The molecule has 2 rings (SSSR count). The zero-order chi connectivity index (χ0) is 19.1. The minimum Gasteiger partial charge on any atom is -0.345 e. The van der Waals surface area contributed by atoms with Crippen LogP contribution in [0.3, 0.4) is 0 Å². The lowest BCUT2D eigenvalue weighted by Gasteiger charge is -2.34. The van der Waals surface area contributed by atoms with Gasteiger partial charge < -0.3 is 10.2 Å². The van der Waals surface area contributed by atoms with E-state index in [2.05, 4.69) is 36.4 Å². The number of amides is 2. The zero-order valence-corrected chi connectivity index (χ0v) is 16.6. The lowest BCUT2D eigenvalue weighted by molar-refractivity contribution is -0.137. The number of aromatic nitrogens is 3. The van der Waals surface area contributed by atoms with Crippen molar-refractivity contribution in [1.29, 1.82) is 0 Å². The van der Waals surface area contributed by atoms with Gasteiger partial charge in [0.25, 0.3) is 0 Å². The molecule has 7 heteroatoms. The number of nitrogens with zero attached hydrogens (tertiary/aromatic N) is 4. The fraction of sp³-hybridized carbons (Fsp3) is 0.789. The lowest BCUT2D eigenvalue weighted by atomic mass is 9.95. The number of hydrogen-bond acceptors (Lipinski definition) is 4. The van der Waals surface area contributed by atoms with E-state index in [0.717, 1.165) is 51.0 Å². The average molecular weight is 364 g/mol. The number of carbonyl (C=O) groups is 2. The molecule has 0 saturated carbocycles. The number of nitrogens with one attached hydrogen (secondary N) is 1. The summed E-state index contributed by atoms with van der Waals surface area (Å²) < 4.78 is 1.94. The van der Waals surface area contributed by atoms with Crippen molar-refractivity contribution in [2.75, 3.05) is 13.1 Å². The van der Waals surface area contributed by atoms with E-state index in [-0.39, 0.29) is 11.8 Å². The van der Waals surface area contributed by atoms with E-state index in [1.807, 2.05) is 15.8 Å². The Balaban J connectivity index is 1.85. The van der Waals surface area contributed by atoms with Gasteiger partial charge in [-0.25, -0.2) is 0 Å². The van der Waals surface area contributed by atoms with E-state index in [1.165, 1.54) is 6.92 Å². The van der Waals surface area contributed by atoms with Gasteiger partial charge in [-0.1, -0.05) is 32.4 Å². The standard InChI is InChI=1S/C19H33N5O2/c1-5-6-17-13-24(22-21-17)12-16-7-9-23(10-8-16)19(26)18(11-14(2)3)20-15(4)25/h13-14,16,18H,5-12H2,1-4H3,(H,20,25)/t18-/m0/s1. The third-order valence-corrected chi connectivity index (χ3v) is 4.85. The number of rotatable bonds is 8. The molecule has 7 nitrogen and oxygen atoms in total. The molecule has 1 aliphatic heterocycles. The molecule has 146 valence electrons. The molecule has 1 aliphatic rings. The Morgan fingerprint density at radius 2 is 2.00 bits per heavy atom. The minimum absolute atomic E-state index is 0.0540. The Kier molecular flexibility index (Phi) is 7.60. The summed E-state index contributed by atoms with van der Waals surface area (Å²) in [6, 6.07) is -0.407. The zero-order valence-electron chi connectivity index (χ0n) is 16.6. The number of piperidine rings is 1. The first-order valence-corrected chi connectivity index (χ1v) is 9.83. The molecular weight excluding hydrogens is 330 g/mol. The monoisotopic (exact) mass is 363 g/mol. The van der Waals surface area contributed by atoms with Crippen LogP contribution in [0.5, 0.6) is 0 Å². The summed E-state index contributed by atoms with van der Waals surface area (Å²) in [6.07, 6.45) is 6.68. The molecule has 1 aromatic heterocycles. The normalized spacial score (nSPS) is 16.7. The molecule has 0 aromatic carbocycles. The first kappa shape index (κ1) is 20.4. The van der Waals surface area contributed by atoms with Crippen LogP contribution in [-0.2, 0) is 22.6 Å². The van der Waals surface area contributed by atoms with Gasteiger partial charge in [0, 0.05) is 32.8 Å². The van der Waals surface area contributed by atoms with Crippen molar-refractivity contribution in [3.05, 3.63) is 11.9 Å². The van der Waals surface area contributed by atoms with Crippen LogP contribution in [0.15, 0.2) is 6.20 Å². The molecule has 0 bridgehead atoms. The number of carbonyl (C=O) groups excluding carboxylic acids is 2. The molecule has 26 heavy (non-hydrogen) atoms. The van der Waals surface area contributed by atoms with Crippen LogP contribution in [0, 0.1) is 11.8 Å². The highest BCUT2D eigenvalue weighted by molar-refractivity contribution is 5.86. The number of hydrogen-bond donors (Lipinski definition) is 1. The van der Waals surface area contributed by atoms with Gasteiger partial charge in [-0.15, -0.1) is 5.10 Å². The molecule has 1 atom stereocenters. The van der Waals surface area contributed by atoms with E-state index >= 15 is 0 Å². The third-order valence-electron chi connectivity index (χ3n) is 4.85. The van der Waals surface area contributed by atoms with Gasteiger partial charge in [0.2, 0.25) is 11.8 Å². The summed E-state index contributed by atoms with van der Waals surface area (Å²) in [7, 11) is 0. The second kappa shape index (κ2) is 9.69. The van der Waals surface area contributed by atoms with Gasteiger partial charge >= 0.3 is 0 Å². The van der Waals surface area contributed by atoms with E-state index in [0.29, 0.717) is 18.3 Å². The highest BCUT2D eigenvalue weighted by Crippen LogP contribution is 2.20. The van der Waals surface area contributed by atoms with Crippen molar-refractivity contribution in [3.8, 4) is 0 Å². The Bertz CT molecular complexity index is 591. The summed E-state index contributed by atoms with van der Waals surface area (Å²) in [4.78, 5) is 26.1. The molecule has 1 fully saturated rings. The summed E-state index contributed by atoms with van der Waals surface area (Å²) in [5, 5.41) is 11.2. The molecule has 1 saturated heterocycles. The number of aryl methyl sites for hydroxylation is 1. The fourth-order valence-electron chi connectivity index (χ4n) is 3.56. The third kappa shape index (κ3) is 6.11. The molecular formula is C19H33N5O2. The summed E-state index contributed by atoms with van der Waals surface area (Å²) >= 11 is 0. The Morgan fingerprint density at radius 1 is 1.31 bits per heavy atom. The summed E-state index contributed by atoms with van der Waals surface area (Å²) in [5.41, 5.74) is 1.05. The van der Waals surface area contributed by atoms with Crippen molar-refractivity contribution >= 4 is 11.8 Å². The largest absolute Gasteiger partial charge is 0.345 e. The Hall–Kier alpha value is -1.92. The molecule has 2 heterocycles. The maximum absolute atomic E-state index is 12.8. The topological polar surface area (TPSA) is 80.1 Å². The molecule has 0 unspecified atom stereocenters. The van der Waals surface area contributed by atoms with Crippen LogP contribution in [-0.4, -0.2) is 50.8 Å². The minimum atomic E-state index is -0.407. The smallest absolute Gasteiger partial charge is 0.245 e. The van der Waals surface area contributed by atoms with Crippen LogP contribution in [0.4, 0.5) is 0 Å². The van der Waals surface area contributed by atoms with E-state index < -0.39 is 6.04 Å². The first-order valence-electron chi connectivity index (χ1n) is 9.83. The van der Waals surface area contributed by atoms with Crippen LogP contribution < -0.4 is 5.32 Å². The molecule has 2 amide bonds. The van der Waals surface area contributed by atoms with Gasteiger partial charge in [0.05, 0.1) is 5.69 Å². The van der Waals surface area contributed by atoms with E-state index in [1.54, 1.807) is 0 Å². The van der Waals surface area contributed by atoms with Gasteiger partial charge in [-0.05, 0) is 37.5 Å². The highest BCUT2D eigenvalue weighted by Gasteiger charge is 2.29. The van der Waals surface area contributed by atoms with Gasteiger partial charge in [-0.3, -0.25) is 14.3 Å². The first-order chi connectivity index (χ1) is 12.4. The molecule has 0 spiro atoms. The van der Waals surface area contributed by atoms with Crippen LogP contribution in [0.25, 0.3) is 0 Å². The van der Waals surface area contributed by atoms with Crippen LogP contribution >= 0.6 is 0 Å². The van der Waals surface area contributed by atoms with E-state index in [9.17, 15) is 9.59 Å². The fourth-order valence-corrected chi connectivity index (χ4v) is 3.56. The van der Waals surface area contributed by atoms with Crippen LogP contribution in [0.1, 0.15) is 59.1 Å². The molecule has 1 aromatic rings. The van der Waals surface area contributed by atoms with Gasteiger partial charge in [0.15, 0.2) is 0 Å². The quantitative estimate of drug-likeness (QED) is 0.766. The van der Waals surface area contributed by atoms with Gasteiger partial charge in [0.1, 0.15) is 6.04 Å². The van der Waals surface area contributed by atoms with E-state index in [4.69, 9.17) is 0 Å². The van der Waals surface area contributed by atoms with Crippen molar-refractivity contribution in [1.82, 2.24) is 25.2 Å². The predicted octanol–water partition coefficient (Wildman–Crippen LogP) is 2.02. The number of likely N-dealkylation sites (tertiary alicyclic amines) is 1. The second-order valence-electron chi connectivity index (χ2n) is 7.83. The lowest BCUT2D eigenvalue weighted by Crippen LogP contribution is -2.51. The Morgan fingerprint density at radius 3 is 2.58 bits per heavy atom. The summed E-state index contributed by atoms with van der Waals surface area (Å²) in [6.45, 7) is 10.1. The van der Waals surface area contributed by atoms with Gasteiger partial charge in [-0.2, -0.15) is 0 Å². The highest BCUT2D eigenvalue weighted by atomic mass is 16.2.